The molecular formula is C14H15Br2NO. The minimum Gasteiger partial charge on any atom is -0.343 e. The van der Waals surface area contributed by atoms with Gasteiger partial charge in [-0.25, -0.2) is 0 Å². The molecule has 96 valence electrons. The van der Waals surface area contributed by atoms with E-state index in [0.717, 1.165) is 9.94 Å². The molecule has 2 aliphatic rings. The van der Waals surface area contributed by atoms with E-state index in [-0.39, 0.29) is 12.3 Å². The average molecular weight is 373 g/mol. The van der Waals surface area contributed by atoms with Crippen molar-refractivity contribution in [1.82, 2.24) is 4.90 Å². The highest BCUT2D eigenvalue weighted by Crippen LogP contribution is 2.52. The number of ether oxygens (including phenoxy) is 1. The van der Waals surface area contributed by atoms with Crippen LogP contribution in [-0.2, 0) is 4.74 Å². The molecule has 0 bridgehead atoms. The Labute approximate surface area is 124 Å². The minimum absolute atomic E-state index is 0.228. The smallest absolute Gasteiger partial charge is 0.162 e. The Bertz CT molecular complexity index is 496. The number of epoxide rings is 1. The van der Waals surface area contributed by atoms with E-state index in [4.69, 9.17) is 4.74 Å². The summed E-state index contributed by atoms with van der Waals surface area (Å²) in [5, 5.41) is 0. The number of rotatable bonds is 3. The lowest BCUT2D eigenvalue weighted by molar-refractivity contribution is 0.246. The van der Waals surface area contributed by atoms with Crippen molar-refractivity contribution in [2.24, 2.45) is 0 Å². The first-order valence-corrected chi connectivity index (χ1v) is 7.89. The fraction of sp³-hybridized carbons (Fsp3) is 0.429. The largest absolute Gasteiger partial charge is 0.343 e. The molecule has 2 nitrogen and oxygen atoms in total. The number of hydrogen-bond donors (Lipinski definition) is 0. The molecule has 0 N–H and O–H groups in total. The molecule has 1 fully saturated rings. The van der Waals surface area contributed by atoms with Crippen LogP contribution in [0.1, 0.15) is 37.0 Å². The highest BCUT2D eigenvalue weighted by molar-refractivity contribution is 9.28. The van der Waals surface area contributed by atoms with Crippen molar-refractivity contribution >= 4 is 37.6 Å². The van der Waals surface area contributed by atoms with Gasteiger partial charge in [0.15, 0.2) is 6.23 Å². The van der Waals surface area contributed by atoms with Gasteiger partial charge in [0.2, 0.25) is 0 Å². The number of fused-ring (bicyclic) bond motifs is 3. The lowest BCUT2D eigenvalue weighted by Crippen LogP contribution is -2.30. The van der Waals surface area contributed by atoms with Gasteiger partial charge in [-0.2, -0.15) is 0 Å². The summed E-state index contributed by atoms with van der Waals surface area (Å²) in [7, 11) is 0. The first-order valence-electron chi connectivity index (χ1n) is 6.30. The van der Waals surface area contributed by atoms with Crippen LogP contribution in [0.5, 0.6) is 0 Å². The molecule has 4 heteroatoms. The van der Waals surface area contributed by atoms with Gasteiger partial charge in [-0.05, 0) is 43.8 Å². The van der Waals surface area contributed by atoms with E-state index >= 15 is 0 Å². The van der Waals surface area contributed by atoms with Gasteiger partial charge in [0.25, 0.3) is 0 Å². The molecule has 1 saturated heterocycles. The van der Waals surface area contributed by atoms with Crippen LogP contribution in [0.25, 0.3) is 5.70 Å². The summed E-state index contributed by atoms with van der Waals surface area (Å²) in [6, 6.07) is 8.51. The van der Waals surface area contributed by atoms with E-state index in [9.17, 15) is 0 Å². The second-order valence-corrected chi connectivity index (χ2v) is 7.34. The summed E-state index contributed by atoms with van der Waals surface area (Å²) in [6.07, 6.45) is 2.88. The average Bonchev–Trinajstić information content (AvgIpc) is 3.15. The number of nitrogens with zero attached hydrogens (tertiary/aromatic N) is 1. The fourth-order valence-electron chi connectivity index (χ4n) is 2.59. The molecule has 3 rings (SSSR count). The molecule has 0 aromatic heterocycles. The van der Waals surface area contributed by atoms with Crippen molar-refractivity contribution in [3.8, 4) is 0 Å². The summed E-state index contributed by atoms with van der Waals surface area (Å²) in [5.41, 5.74) is 3.80. The third kappa shape index (κ3) is 2.04. The van der Waals surface area contributed by atoms with Crippen molar-refractivity contribution in [2.45, 2.75) is 32.1 Å². The molecule has 0 spiro atoms. The van der Waals surface area contributed by atoms with Gasteiger partial charge in [-0.15, -0.1) is 0 Å². The van der Waals surface area contributed by atoms with Gasteiger partial charge in [0.1, 0.15) is 6.10 Å². The van der Waals surface area contributed by atoms with Crippen LogP contribution in [0.3, 0.4) is 0 Å². The van der Waals surface area contributed by atoms with Crippen LogP contribution in [0.4, 0.5) is 0 Å². The van der Waals surface area contributed by atoms with Crippen molar-refractivity contribution in [3.05, 3.63) is 38.8 Å². The van der Waals surface area contributed by atoms with Gasteiger partial charge in [-0.3, -0.25) is 0 Å². The quantitative estimate of drug-likeness (QED) is 0.719. The summed E-state index contributed by atoms with van der Waals surface area (Å²) in [5.74, 6) is 0. The predicted octanol–water partition coefficient (Wildman–Crippen LogP) is 4.62. The van der Waals surface area contributed by atoms with E-state index in [1.165, 1.54) is 29.7 Å². The second-order valence-electron chi connectivity index (χ2n) is 4.69. The number of hydrogen-bond acceptors (Lipinski definition) is 2. The zero-order valence-electron chi connectivity index (χ0n) is 10.2. The van der Waals surface area contributed by atoms with Crippen LogP contribution in [0.15, 0.2) is 27.7 Å². The second kappa shape index (κ2) is 4.99. The Kier molecular flexibility index (Phi) is 3.52. The van der Waals surface area contributed by atoms with E-state index in [0.29, 0.717) is 0 Å². The fourth-order valence-corrected chi connectivity index (χ4v) is 3.47. The molecule has 1 aromatic rings. The lowest BCUT2D eigenvalue weighted by Gasteiger charge is -2.30. The van der Waals surface area contributed by atoms with Crippen LogP contribution in [0.2, 0.25) is 0 Å². The molecule has 0 saturated carbocycles. The minimum atomic E-state index is 0.228. The molecule has 2 heterocycles. The van der Waals surface area contributed by atoms with E-state index in [1.54, 1.807) is 0 Å². The van der Waals surface area contributed by atoms with E-state index < -0.39 is 0 Å². The molecule has 0 aliphatic carbocycles. The van der Waals surface area contributed by atoms with Gasteiger partial charge in [0, 0.05) is 12.1 Å². The van der Waals surface area contributed by atoms with Gasteiger partial charge < -0.3 is 9.64 Å². The predicted molar refractivity (Wildman–Crippen MR) is 80.4 cm³/mol. The normalized spacial score (nSPS) is 24.6. The summed E-state index contributed by atoms with van der Waals surface area (Å²) in [6.45, 7) is 3.26. The summed E-state index contributed by atoms with van der Waals surface area (Å²) < 4.78 is 6.85. The zero-order valence-corrected chi connectivity index (χ0v) is 13.4. The Morgan fingerprint density at radius 2 is 2.11 bits per heavy atom. The third-order valence-corrected chi connectivity index (χ3v) is 4.27. The molecule has 0 radical (unpaired) electrons. The van der Waals surface area contributed by atoms with E-state index in [1.807, 2.05) is 0 Å². The Morgan fingerprint density at radius 3 is 2.83 bits per heavy atom. The highest BCUT2D eigenvalue weighted by Gasteiger charge is 2.50. The van der Waals surface area contributed by atoms with Crippen LogP contribution < -0.4 is 0 Å². The van der Waals surface area contributed by atoms with Crippen molar-refractivity contribution in [1.29, 1.82) is 0 Å². The molecule has 0 amide bonds. The van der Waals surface area contributed by atoms with Crippen molar-refractivity contribution in [3.63, 3.8) is 0 Å². The van der Waals surface area contributed by atoms with Gasteiger partial charge in [-0.1, -0.05) is 37.6 Å². The number of halogens is 2. The molecule has 18 heavy (non-hydrogen) atoms. The first kappa shape index (κ1) is 12.7. The maximum Gasteiger partial charge on any atom is 0.162 e. The van der Waals surface area contributed by atoms with Crippen LogP contribution in [0, 0.1) is 0 Å². The molecular weight excluding hydrogens is 358 g/mol. The Hall–Kier alpha value is -0.320. The standard InChI is InChI=1S/C14H15Br2NO/c1-2-3-8-17-11(13(15)16)9-6-4-5-7-10(9)12-14(17)18-12/h4-7,12,14H,2-3,8H2,1H3. The summed E-state index contributed by atoms with van der Waals surface area (Å²) >= 11 is 7.17. The van der Waals surface area contributed by atoms with Crippen molar-refractivity contribution in [2.75, 3.05) is 6.54 Å². The van der Waals surface area contributed by atoms with Crippen molar-refractivity contribution < 1.29 is 4.74 Å². The van der Waals surface area contributed by atoms with Gasteiger partial charge in [0.05, 0.1) is 9.09 Å². The Balaban J connectivity index is 2.03. The maximum absolute atomic E-state index is 5.84. The topological polar surface area (TPSA) is 15.8 Å². The molecule has 2 atom stereocenters. The Morgan fingerprint density at radius 1 is 1.33 bits per heavy atom. The monoisotopic (exact) mass is 371 g/mol. The number of unbranched alkanes of at least 4 members (excludes halogenated alkanes) is 1. The summed E-state index contributed by atoms with van der Waals surface area (Å²) in [4.78, 5) is 2.37. The first-order chi connectivity index (χ1) is 8.74. The molecule has 2 aliphatic heterocycles. The molecule has 1 aromatic carbocycles. The maximum atomic E-state index is 5.84. The SMILES string of the molecule is CCCCN1C(=C(Br)Br)c2ccccc2C2OC21. The van der Waals surface area contributed by atoms with Gasteiger partial charge >= 0.3 is 0 Å². The third-order valence-electron chi connectivity index (χ3n) is 3.52. The van der Waals surface area contributed by atoms with Crippen LogP contribution >= 0.6 is 31.9 Å². The highest BCUT2D eigenvalue weighted by atomic mass is 79.9. The number of benzene rings is 1. The lowest BCUT2D eigenvalue weighted by atomic mass is 9.97. The zero-order chi connectivity index (χ0) is 12.7. The van der Waals surface area contributed by atoms with E-state index in [2.05, 4.69) is 67.9 Å². The van der Waals surface area contributed by atoms with Crippen LogP contribution in [-0.4, -0.2) is 17.7 Å². The molecule has 2 unspecified atom stereocenters.